The van der Waals surface area contributed by atoms with Gasteiger partial charge in [-0.3, -0.25) is 4.79 Å². The molecule has 0 radical (unpaired) electrons. The Morgan fingerprint density at radius 2 is 1.83 bits per heavy atom. The zero-order valence-corrected chi connectivity index (χ0v) is 17.3. The third kappa shape index (κ3) is 4.58. The number of anilines is 1. The minimum atomic E-state index is -0.238. The Labute approximate surface area is 177 Å². The highest BCUT2D eigenvalue weighted by molar-refractivity contribution is 5.89. The Balaban J connectivity index is 1.34. The molecule has 2 fully saturated rings. The number of carbonyl (C=O) groups excluding carboxylic acids is 2. The maximum absolute atomic E-state index is 13.2. The first-order valence-electron chi connectivity index (χ1n) is 10.7. The van der Waals surface area contributed by atoms with Crippen LogP contribution in [0.25, 0.3) is 0 Å². The van der Waals surface area contributed by atoms with E-state index in [9.17, 15) is 9.59 Å². The van der Waals surface area contributed by atoms with Crippen LogP contribution in [-0.4, -0.2) is 43.1 Å². The fourth-order valence-electron chi connectivity index (χ4n) is 4.41. The number of nitrogens with one attached hydrogen (secondary N) is 2. The lowest BCUT2D eigenvalue weighted by Crippen LogP contribution is -2.50. The summed E-state index contributed by atoms with van der Waals surface area (Å²) in [6, 6.07) is 17.1. The highest BCUT2D eigenvalue weighted by atomic mass is 16.5. The van der Waals surface area contributed by atoms with Crippen LogP contribution < -0.4 is 15.4 Å². The van der Waals surface area contributed by atoms with Crippen molar-refractivity contribution in [2.45, 2.75) is 37.6 Å². The zero-order valence-electron chi connectivity index (χ0n) is 17.3. The Hall–Kier alpha value is -3.02. The van der Waals surface area contributed by atoms with Crippen molar-refractivity contribution in [2.75, 3.05) is 25.5 Å². The summed E-state index contributed by atoms with van der Waals surface area (Å²) < 4.78 is 5.48. The third-order valence-electron chi connectivity index (χ3n) is 6.09. The van der Waals surface area contributed by atoms with Crippen LogP contribution in [0.1, 0.15) is 37.2 Å². The van der Waals surface area contributed by atoms with Crippen LogP contribution in [0.4, 0.5) is 10.5 Å². The molecule has 0 aromatic heterocycles. The molecular weight excluding hydrogens is 378 g/mol. The van der Waals surface area contributed by atoms with Crippen LogP contribution in [0, 0.1) is 5.92 Å². The molecule has 2 N–H and O–H groups in total. The molecule has 1 aliphatic carbocycles. The number of hydrogen-bond acceptors (Lipinski definition) is 3. The van der Waals surface area contributed by atoms with Crippen LogP contribution in [0.3, 0.4) is 0 Å². The monoisotopic (exact) mass is 407 g/mol. The van der Waals surface area contributed by atoms with Gasteiger partial charge >= 0.3 is 6.03 Å². The van der Waals surface area contributed by atoms with Gasteiger partial charge in [0.15, 0.2) is 0 Å². The standard InChI is InChI=1S/C24H29N3O3/c1-30-22-13-6-5-12-19(22)20-15-21(20)23(28)27-14-8-7-11-18(27)16-25-24(29)26-17-9-3-2-4-10-17/h2-6,9-10,12-13,18,20-21H,7-8,11,14-16H2,1H3,(H2,25,26,29). The Morgan fingerprint density at radius 1 is 1.07 bits per heavy atom. The molecule has 158 valence electrons. The maximum atomic E-state index is 13.2. The van der Waals surface area contributed by atoms with Gasteiger partial charge in [0.2, 0.25) is 5.91 Å². The summed E-state index contributed by atoms with van der Waals surface area (Å²) in [5.74, 6) is 1.30. The molecule has 1 heterocycles. The van der Waals surface area contributed by atoms with E-state index in [1.807, 2.05) is 53.4 Å². The van der Waals surface area contributed by atoms with Crippen LogP contribution >= 0.6 is 0 Å². The molecule has 3 atom stereocenters. The molecule has 4 rings (SSSR count). The van der Waals surface area contributed by atoms with Gasteiger partial charge in [0, 0.05) is 30.7 Å². The predicted octanol–water partition coefficient (Wildman–Crippen LogP) is 4.00. The molecule has 2 aromatic rings. The summed E-state index contributed by atoms with van der Waals surface area (Å²) >= 11 is 0. The molecule has 6 nitrogen and oxygen atoms in total. The third-order valence-corrected chi connectivity index (χ3v) is 6.09. The number of methoxy groups -OCH3 is 1. The Bertz CT molecular complexity index is 886. The summed E-state index contributed by atoms with van der Waals surface area (Å²) in [6.07, 6.45) is 3.88. The fourth-order valence-corrected chi connectivity index (χ4v) is 4.41. The molecule has 6 heteroatoms. The summed E-state index contributed by atoms with van der Waals surface area (Å²) in [4.78, 5) is 27.5. The normalized spacial score (nSPS) is 22.8. The van der Waals surface area contributed by atoms with Crippen molar-refractivity contribution in [3.8, 4) is 5.75 Å². The number of urea groups is 1. The molecule has 1 aliphatic heterocycles. The molecule has 3 unspecified atom stereocenters. The van der Waals surface area contributed by atoms with Gasteiger partial charge in [-0.15, -0.1) is 0 Å². The number of likely N-dealkylation sites (tertiary alicyclic amines) is 1. The lowest BCUT2D eigenvalue weighted by atomic mass is 10.0. The van der Waals surface area contributed by atoms with E-state index < -0.39 is 0 Å². The number of rotatable bonds is 6. The highest BCUT2D eigenvalue weighted by Crippen LogP contribution is 2.51. The largest absolute Gasteiger partial charge is 0.496 e. The van der Waals surface area contributed by atoms with E-state index in [1.54, 1.807) is 7.11 Å². The molecule has 0 spiro atoms. The fraction of sp³-hybridized carbons (Fsp3) is 0.417. The molecule has 2 aliphatic rings. The van der Waals surface area contributed by atoms with Crippen LogP contribution in [0.15, 0.2) is 54.6 Å². The minimum absolute atomic E-state index is 0.0139. The SMILES string of the molecule is COc1ccccc1C1CC1C(=O)N1CCCCC1CNC(=O)Nc1ccccc1. The number of amides is 3. The lowest BCUT2D eigenvalue weighted by molar-refractivity contribution is -0.136. The quantitative estimate of drug-likeness (QED) is 0.760. The smallest absolute Gasteiger partial charge is 0.319 e. The Kier molecular flexibility index (Phi) is 6.21. The second-order valence-corrected chi connectivity index (χ2v) is 8.07. The Morgan fingerprint density at radius 3 is 2.63 bits per heavy atom. The van der Waals surface area contributed by atoms with Crippen molar-refractivity contribution >= 4 is 17.6 Å². The zero-order chi connectivity index (χ0) is 20.9. The van der Waals surface area contributed by atoms with Crippen LogP contribution in [0.5, 0.6) is 5.75 Å². The van der Waals surface area contributed by atoms with E-state index in [0.29, 0.717) is 6.54 Å². The highest BCUT2D eigenvalue weighted by Gasteiger charge is 2.48. The van der Waals surface area contributed by atoms with E-state index >= 15 is 0 Å². The topological polar surface area (TPSA) is 70.7 Å². The summed E-state index contributed by atoms with van der Waals surface area (Å²) in [7, 11) is 1.67. The van der Waals surface area contributed by atoms with E-state index in [-0.39, 0.29) is 29.8 Å². The summed E-state index contributed by atoms with van der Waals surface area (Å²) in [6.45, 7) is 1.23. The van der Waals surface area contributed by atoms with Crippen molar-refractivity contribution in [3.63, 3.8) is 0 Å². The minimum Gasteiger partial charge on any atom is -0.496 e. The average Bonchev–Trinajstić information content (AvgIpc) is 3.59. The summed E-state index contributed by atoms with van der Waals surface area (Å²) in [5.41, 5.74) is 1.87. The predicted molar refractivity (Wildman–Crippen MR) is 117 cm³/mol. The number of ether oxygens (including phenoxy) is 1. The first-order valence-corrected chi connectivity index (χ1v) is 10.7. The summed E-state index contributed by atoms with van der Waals surface area (Å²) in [5, 5.41) is 5.78. The van der Waals surface area contributed by atoms with Gasteiger partial charge in [-0.05, 0) is 55.4 Å². The first kappa shape index (κ1) is 20.3. The average molecular weight is 408 g/mol. The van der Waals surface area contributed by atoms with Crippen LogP contribution in [-0.2, 0) is 4.79 Å². The van der Waals surface area contributed by atoms with Gasteiger partial charge in [0.05, 0.1) is 7.11 Å². The van der Waals surface area contributed by atoms with Gasteiger partial charge in [-0.25, -0.2) is 4.79 Å². The maximum Gasteiger partial charge on any atom is 0.319 e. The second kappa shape index (κ2) is 9.20. The molecule has 3 amide bonds. The molecular formula is C24H29N3O3. The number of benzene rings is 2. The number of carbonyl (C=O) groups is 2. The van der Waals surface area contributed by atoms with Gasteiger partial charge < -0.3 is 20.3 Å². The van der Waals surface area contributed by atoms with Crippen molar-refractivity contribution in [2.24, 2.45) is 5.92 Å². The van der Waals surface area contributed by atoms with Crippen molar-refractivity contribution in [3.05, 3.63) is 60.2 Å². The number of nitrogens with zero attached hydrogens (tertiary/aromatic N) is 1. The van der Waals surface area contributed by atoms with E-state index in [2.05, 4.69) is 16.7 Å². The molecule has 2 aromatic carbocycles. The van der Waals surface area contributed by atoms with Crippen molar-refractivity contribution in [1.82, 2.24) is 10.2 Å². The van der Waals surface area contributed by atoms with Gasteiger partial charge in [-0.1, -0.05) is 36.4 Å². The van der Waals surface area contributed by atoms with E-state index in [4.69, 9.17) is 4.74 Å². The molecule has 30 heavy (non-hydrogen) atoms. The van der Waals surface area contributed by atoms with Crippen molar-refractivity contribution < 1.29 is 14.3 Å². The molecule has 0 bridgehead atoms. The van der Waals surface area contributed by atoms with Crippen molar-refractivity contribution in [1.29, 1.82) is 0 Å². The van der Waals surface area contributed by atoms with E-state index in [0.717, 1.165) is 49.2 Å². The van der Waals surface area contributed by atoms with Crippen LogP contribution in [0.2, 0.25) is 0 Å². The number of para-hydroxylation sites is 2. The second-order valence-electron chi connectivity index (χ2n) is 8.07. The first-order chi connectivity index (χ1) is 14.7. The van der Waals surface area contributed by atoms with Gasteiger partial charge in [0.1, 0.15) is 5.75 Å². The van der Waals surface area contributed by atoms with E-state index in [1.165, 1.54) is 0 Å². The van der Waals surface area contributed by atoms with Gasteiger partial charge in [-0.2, -0.15) is 0 Å². The molecule has 1 saturated carbocycles. The molecule has 1 saturated heterocycles. The van der Waals surface area contributed by atoms with Gasteiger partial charge in [0.25, 0.3) is 0 Å². The number of hydrogen-bond donors (Lipinski definition) is 2. The number of piperidine rings is 1. The lowest BCUT2D eigenvalue weighted by Gasteiger charge is -2.36.